The zero-order valence-electron chi connectivity index (χ0n) is 16.7. The smallest absolute Gasteiger partial charge is 0.349 e. The van der Waals surface area contributed by atoms with Gasteiger partial charge in [-0.05, 0) is 36.6 Å². The minimum absolute atomic E-state index is 0.127. The SMILES string of the molecule is CCC(NC(=O)C(F)(F)F)c1ccc(Cl)c2nc3n(c12)CCC(c1ccc(Cl)cc1Cl)N3. The van der Waals surface area contributed by atoms with Gasteiger partial charge in [0.25, 0.3) is 0 Å². The second kappa shape index (κ2) is 8.65. The van der Waals surface area contributed by atoms with Gasteiger partial charge in [0.05, 0.1) is 22.6 Å². The largest absolute Gasteiger partial charge is 0.471 e. The average molecular weight is 506 g/mol. The Hall–Kier alpha value is -2.16. The van der Waals surface area contributed by atoms with Gasteiger partial charge in [0.1, 0.15) is 5.52 Å². The Kier molecular flexibility index (Phi) is 6.22. The molecule has 0 fully saturated rings. The number of nitrogens with zero attached hydrogens (tertiary/aromatic N) is 2. The van der Waals surface area contributed by atoms with Gasteiger partial charge in [-0.15, -0.1) is 0 Å². The van der Waals surface area contributed by atoms with E-state index in [-0.39, 0.29) is 12.5 Å². The lowest BCUT2D eigenvalue weighted by molar-refractivity contribution is -0.174. The number of rotatable bonds is 4. The van der Waals surface area contributed by atoms with E-state index in [4.69, 9.17) is 34.8 Å². The van der Waals surface area contributed by atoms with Gasteiger partial charge in [-0.25, -0.2) is 4.98 Å². The molecule has 11 heteroatoms. The quantitative estimate of drug-likeness (QED) is 0.416. The highest BCUT2D eigenvalue weighted by Crippen LogP contribution is 2.39. The van der Waals surface area contributed by atoms with E-state index in [9.17, 15) is 18.0 Å². The fraction of sp³-hybridized carbons (Fsp3) is 0.333. The van der Waals surface area contributed by atoms with Crippen molar-refractivity contribution in [2.24, 2.45) is 0 Å². The molecule has 5 nitrogen and oxygen atoms in total. The van der Waals surface area contributed by atoms with Crippen LogP contribution in [0.25, 0.3) is 11.0 Å². The van der Waals surface area contributed by atoms with Crippen LogP contribution < -0.4 is 10.6 Å². The van der Waals surface area contributed by atoms with E-state index in [1.54, 1.807) is 31.2 Å². The molecule has 2 heterocycles. The van der Waals surface area contributed by atoms with Crippen molar-refractivity contribution in [2.45, 2.75) is 44.6 Å². The van der Waals surface area contributed by atoms with Gasteiger partial charge in [0.2, 0.25) is 5.95 Å². The number of alkyl halides is 3. The van der Waals surface area contributed by atoms with Crippen molar-refractivity contribution in [3.05, 3.63) is 56.5 Å². The van der Waals surface area contributed by atoms with Crippen molar-refractivity contribution >= 4 is 57.7 Å². The lowest BCUT2D eigenvalue weighted by atomic mass is 10.0. The van der Waals surface area contributed by atoms with Gasteiger partial charge in [0, 0.05) is 22.2 Å². The number of hydrogen-bond donors (Lipinski definition) is 2. The maximum atomic E-state index is 12.8. The predicted octanol–water partition coefficient (Wildman–Crippen LogP) is 6.68. The molecule has 0 saturated heterocycles. The van der Waals surface area contributed by atoms with Crippen LogP contribution in [-0.4, -0.2) is 21.6 Å². The van der Waals surface area contributed by atoms with Crippen LogP contribution in [0.3, 0.4) is 0 Å². The minimum Gasteiger partial charge on any atom is -0.349 e. The number of hydrogen-bond acceptors (Lipinski definition) is 3. The topological polar surface area (TPSA) is 59.0 Å². The number of nitrogens with one attached hydrogen (secondary N) is 2. The number of imidazole rings is 1. The Morgan fingerprint density at radius 1 is 1.25 bits per heavy atom. The molecule has 3 aromatic rings. The predicted molar refractivity (Wildman–Crippen MR) is 119 cm³/mol. The number of anilines is 1. The highest BCUT2D eigenvalue weighted by atomic mass is 35.5. The number of amides is 1. The van der Waals surface area contributed by atoms with Crippen LogP contribution in [0.15, 0.2) is 30.3 Å². The van der Waals surface area contributed by atoms with Gasteiger partial charge in [0.15, 0.2) is 0 Å². The summed E-state index contributed by atoms with van der Waals surface area (Å²) in [5.74, 6) is -1.46. The summed E-state index contributed by atoms with van der Waals surface area (Å²) in [7, 11) is 0. The van der Waals surface area contributed by atoms with Crippen LogP contribution >= 0.6 is 34.8 Å². The summed E-state index contributed by atoms with van der Waals surface area (Å²) < 4.78 is 40.4. The van der Waals surface area contributed by atoms with Crippen molar-refractivity contribution in [3.8, 4) is 0 Å². The molecule has 2 aromatic carbocycles. The van der Waals surface area contributed by atoms with Gasteiger partial charge < -0.3 is 15.2 Å². The van der Waals surface area contributed by atoms with Gasteiger partial charge in [-0.1, -0.05) is 53.9 Å². The van der Waals surface area contributed by atoms with E-state index in [1.165, 1.54) is 0 Å². The summed E-state index contributed by atoms with van der Waals surface area (Å²) in [6.07, 6.45) is -4.06. The maximum Gasteiger partial charge on any atom is 0.471 e. The molecular formula is C21H18Cl3F3N4O. The Morgan fingerprint density at radius 3 is 2.66 bits per heavy atom. The molecule has 0 spiro atoms. The first-order valence-corrected chi connectivity index (χ1v) is 11.0. The summed E-state index contributed by atoms with van der Waals surface area (Å²) in [6.45, 7) is 2.23. The highest BCUT2D eigenvalue weighted by molar-refractivity contribution is 6.35. The number of carbonyl (C=O) groups is 1. The molecule has 2 unspecified atom stereocenters. The fourth-order valence-electron chi connectivity index (χ4n) is 3.99. The standard InChI is InChI=1S/C21H18Cl3F3N4O/c1-2-15(28-19(32)21(25,26)27)12-5-6-13(23)17-18(12)31-8-7-16(29-20(31)30-17)11-4-3-10(22)9-14(11)24/h3-6,9,15-16H,2,7-8H2,1H3,(H,28,32)(H,29,30). The Morgan fingerprint density at radius 2 is 2.00 bits per heavy atom. The first kappa shape index (κ1) is 23.0. The molecule has 1 aliphatic heterocycles. The number of fused-ring (bicyclic) bond motifs is 3. The van der Waals surface area contributed by atoms with Crippen molar-refractivity contribution in [1.82, 2.24) is 14.9 Å². The molecular weight excluding hydrogens is 488 g/mol. The first-order valence-electron chi connectivity index (χ1n) is 9.88. The van der Waals surface area contributed by atoms with Crippen LogP contribution in [-0.2, 0) is 11.3 Å². The number of aryl methyl sites for hydroxylation is 1. The molecule has 2 N–H and O–H groups in total. The summed E-state index contributed by atoms with van der Waals surface area (Å²) >= 11 is 18.7. The maximum absolute atomic E-state index is 12.8. The van der Waals surface area contributed by atoms with Crippen molar-refractivity contribution < 1.29 is 18.0 Å². The van der Waals surface area contributed by atoms with Crippen molar-refractivity contribution in [3.63, 3.8) is 0 Å². The zero-order chi connectivity index (χ0) is 23.2. The van der Waals surface area contributed by atoms with E-state index >= 15 is 0 Å². The van der Waals surface area contributed by atoms with Crippen LogP contribution in [0.4, 0.5) is 19.1 Å². The lowest BCUT2D eigenvalue weighted by Gasteiger charge is -2.28. The molecule has 170 valence electrons. The Balaban J connectivity index is 1.74. The third-order valence-electron chi connectivity index (χ3n) is 5.51. The Labute approximate surface area is 196 Å². The molecule has 1 aromatic heterocycles. The normalized spacial score (nSPS) is 17.0. The van der Waals surface area contributed by atoms with Crippen LogP contribution in [0, 0.1) is 0 Å². The van der Waals surface area contributed by atoms with E-state index < -0.39 is 18.1 Å². The second-order valence-electron chi connectivity index (χ2n) is 7.50. The highest BCUT2D eigenvalue weighted by Gasteiger charge is 2.40. The van der Waals surface area contributed by atoms with Crippen LogP contribution in [0.1, 0.15) is 43.0 Å². The summed E-state index contributed by atoms with van der Waals surface area (Å²) in [5, 5.41) is 6.84. The van der Waals surface area contributed by atoms with E-state index in [0.29, 0.717) is 50.6 Å². The number of carbonyl (C=O) groups excluding carboxylic acids is 1. The molecule has 32 heavy (non-hydrogen) atoms. The van der Waals surface area contributed by atoms with Crippen LogP contribution in [0.5, 0.6) is 0 Å². The fourth-order valence-corrected chi connectivity index (χ4v) is 4.72. The number of aromatic nitrogens is 2. The van der Waals surface area contributed by atoms with Crippen LogP contribution in [0.2, 0.25) is 15.1 Å². The molecule has 0 radical (unpaired) electrons. The molecule has 0 bridgehead atoms. The molecule has 4 rings (SSSR count). The van der Waals surface area contributed by atoms with Crippen molar-refractivity contribution in [2.75, 3.05) is 5.32 Å². The van der Waals surface area contributed by atoms with Gasteiger partial charge in [-0.2, -0.15) is 13.2 Å². The monoisotopic (exact) mass is 504 g/mol. The van der Waals surface area contributed by atoms with Gasteiger partial charge in [-0.3, -0.25) is 4.79 Å². The molecule has 1 aliphatic rings. The van der Waals surface area contributed by atoms with Crippen molar-refractivity contribution in [1.29, 1.82) is 0 Å². The summed E-state index contributed by atoms with van der Waals surface area (Å²) in [4.78, 5) is 16.2. The third-order valence-corrected chi connectivity index (χ3v) is 6.37. The summed E-state index contributed by atoms with van der Waals surface area (Å²) in [6, 6.07) is 7.50. The number of benzene rings is 2. The van der Waals surface area contributed by atoms with E-state index in [1.807, 2.05) is 10.6 Å². The average Bonchev–Trinajstić information content (AvgIpc) is 3.11. The van der Waals surface area contributed by atoms with E-state index in [0.717, 1.165) is 5.56 Å². The Bertz CT molecular complexity index is 1200. The first-order chi connectivity index (χ1) is 15.1. The number of halogens is 6. The van der Waals surface area contributed by atoms with Gasteiger partial charge >= 0.3 is 12.1 Å². The van der Waals surface area contributed by atoms with E-state index in [2.05, 4.69) is 15.6 Å². The minimum atomic E-state index is -4.97. The second-order valence-corrected chi connectivity index (χ2v) is 8.76. The molecule has 0 saturated carbocycles. The lowest BCUT2D eigenvalue weighted by Crippen LogP contribution is -2.39. The summed E-state index contributed by atoms with van der Waals surface area (Å²) in [5.41, 5.74) is 2.43. The molecule has 1 amide bonds. The zero-order valence-corrected chi connectivity index (χ0v) is 19.0. The third kappa shape index (κ3) is 4.23. The molecule has 2 atom stereocenters. The molecule has 0 aliphatic carbocycles.